The molecule has 3 aliphatic rings. The summed E-state index contributed by atoms with van der Waals surface area (Å²) in [6.45, 7) is 39.7. The second-order valence-corrected chi connectivity index (χ2v) is 32.3. The summed E-state index contributed by atoms with van der Waals surface area (Å²) in [4.78, 5) is 0. The third-order valence-electron chi connectivity index (χ3n) is 21.4. The highest BCUT2D eigenvalue weighted by molar-refractivity contribution is 5.93. The first-order valence-corrected chi connectivity index (χ1v) is 37.4. The van der Waals surface area contributed by atoms with Crippen molar-refractivity contribution >= 4 is 64.6 Å². The number of halogens is 1. The van der Waals surface area contributed by atoms with Crippen LogP contribution in [0.1, 0.15) is 252 Å². The van der Waals surface area contributed by atoms with Crippen LogP contribution in [0, 0.1) is 75.1 Å². The monoisotopic (exact) mass is 1300 g/mol. The van der Waals surface area contributed by atoms with Gasteiger partial charge in [-0.1, -0.05) is 315 Å². The maximum absolute atomic E-state index is 13.3. The highest BCUT2D eigenvalue weighted by Crippen LogP contribution is 2.42. The van der Waals surface area contributed by atoms with Gasteiger partial charge in [0.25, 0.3) is 0 Å². The van der Waals surface area contributed by atoms with Crippen molar-refractivity contribution < 1.29 is 4.39 Å². The van der Waals surface area contributed by atoms with Crippen LogP contribution in [-0.4, -0.2) is 0 Å². The van der Waals surface area contributed by atoms with E-state index in [-0.39, 0.29) is 16.6 Å². The predicted octanol–water partition coefficient (Wildman–Crippen LogP) is 29.3. The van der Waals surface area contributed by atoms with E-state index in [0.717, 1.165) is 28.5 Å². The Labute approximate surface area is 590 Å². The van der Waals surface area contributed by atoms with Gasteiger partial charge >= 0.3 is 0 Å². The van der Waals surface area contributed by atoms with Gasteiger partial charge in [-0.15, -0.1) is 0 Å². The molecule has 0 radical (unpaired) electrons. The molecule has 0 saturated heterocycles. The number of aryl methyl sites for hydroxylation is 10. The molecule has 0 N–H and O–H groups in total. The first kappa shape index (κ1) is 72.9. The van der Waals surface area contributed by atoms with Gasteiger partial charge in [-0.3, -0.25) is 0 Å². The Hall–Kier alpha value is -7.87. The predicted molar refractivity (Wildman–Crippen MR) is 431 cm³/mol. The van der Waals surface area contributed by atoms with Crippen LogP contribution in [0.2, 0.25) is 0 Å². The Kier molecular flexibility index (Phi) is 23.8. The topological polar surface area (TPSA) is 0 Å². The summed E-state index contributed by atoms with van der Waals surface area (Å²) in [5.41, 5.74) is 22.8. The van der Waals surface area contributed by atoms with Gasteiger partial charge in [0.2, 0.25) is 0 Å². The van der Waals surface area contributed by atoms with Crippen molar-refractivity contribution in [2.24, 2.45) is 0 Å². The maximum Gasteiger partial charge on any atom is 0.123 e. The Bertz CT molecular complexity index is 4620. The second kappa shape index (κ2) is 32.0. The van der Waals surface area contributed by atoms with E-state index in [4.69, 9.17) is 0 Å². The van der Waals surface area contributed by atoms with Crippen molar-refractivity contribution in [3.8, 4) is 0 Å². The van der Waals surface area contributed by atoms with Gasteiger partial charge in [0.1, 0.15) is 5.82 Å². The summed E-state index contributed by atoms with van der Waals surface area (Å²) in [6.07, 6.45) is 18.2. The van der Waals surface area contributed by atoms with Gasteiger partial charge in [-0.05, 0) is 269 Å². The van der Waals surface area contributed by atoms with E-state index in [1.807, 2.05) is 6.07 Å². The van der Waals surface area contributed by atoms with E-state index >= 15 is 0 Å². The zero-order valence-electron chi connectivity index (χ0n) is 63.3. The van der Waals surface area contributed by atoms with E-state index < -0.39 is 0 Å². The molecule has 0 nitrogen and oxygen atoms in total. The average molecular weight is 1300 g/mol. The molecule has 0 aliphatic heterocycles. The molecule has 12 aromatic carbocycles. The van der Waals surface area contributed by atoms with Crippen LogP contribution >= 0.6 is 0 Å². The number of benzene rings is 12. The average Bonchev–Trinajstić information content (AvgIpc) is 0.954. The van der Waals surface area contributed by atoms with Crippen LogP contribution in [0.15, 0.2) is 188 Å². The van der Waals surface area contributed by atoms with Crippen molar-refractivity contribution in [2.75, 3.05) is 0 Å². The minimum absolute atomic E-state index is 0.0397. The largest absolute Gasteiger partial charge is 0.207 e. The molecular weight excluding hydrogens is 1180 g/mol. The fraction of sp³-hybridized carbons (Fsp3) is 0.381. The lowest BCUT2D eigenvalue weighted by molar-refractivity contribution is 0.445. The van der Waals surface area contributed by atoms with Crippen LogP contribution in [-0.2, 0) is 10.8 Å². The molecule has 3 aliphatic carbocycles. The number of rotatable bonds is 4. The molecular formula is C97H115F. The molecule has 12 aromatic rings. The smallest absolute Gasteiger partial charge is 0.123 e. The van der Waals surface area contributed by atoms with Crippen LogP contribution in [0.25, 0.3) is 64.6 Å². The number of hydrogen-bond acceptors (Lipinski definition) is 0. The zero-order valence-corrected chi connectivity index (χ0v) is 63.3. The summed E-state index contributed by atoms with van der Waals surface area (Å²) in [7, 11) is 0. The molecule has 0 aromatic heterocycles. The van der Waals surface area contributed by atoms with Crippen molar-refractivity contribution in [1.29, 1.82) is 0 Å². The molecule has 510 valence electrons. The molecule has 1 heteroatoms. The van der Waals surface area contributed by atoms with Crippen LogP contribution < -0.4 is 0 Å². The van der Waals surface area contributed by atoms with E-state index in [1.54, 1.807) is 22.8 Å². The summed E-state index contributed by atoms with van der Waals surface area (Å²) in [5, 5.41) is 16.5. The number of fused-ring (bicyclic) bond motifs is 6. The fourth-order valence-corrected chi connectivity index (χ4v) is 16.6. The summed E-state index contributed by atoms with van der Waals surface area (Å²) in [5.74, 6) is 2.84. The van der Waals surface area contributed by atoms with E-state index in [2.05, 4.69) is 294 Å². The Morgan fingerprint density at radius 2 is 0.643 bits per heavy atom. The Morgan fingerprint density at radius 3 is 1.11 bits per heavy atom. The van der Waals surface area contributed by atoms with Crippen molar-refractivity contribution in [3.05, 3.63) is 283 Å². The molecule has 3 saturated carbocycles. The van der Waals surface area contributed by atoms with Crippen LogP contribution in [0.3, 0.4) is 0 Å². The van der Waals surface area contributed by atoms with Crippen molar-refractivity contribution in [1.82, 2.24) is 0 Å². The lowest BCUT2D eigenvalue weighted by Gasteiger charge is -2.24. The summed E-state index contributed by atoms with van der Waals surface area (Å²) >= 11 is 0. The van der Waals surface area contributed by atoms with E-state index in [1.165, 1.54) is 216 Å². The van der Waals surface area contributed by atoms with E-state index in [0.29, 0.717) is 5.92 Å². The first-order chi connectivity index (χ1) is 46.7. The fourth-order valence-electron chi connectivity index (χ4n) is 16.6. The molecule has 3 fully saturated rings. The van der Waals surface area contributed by atoms with Crippen molar-refractivity contribution in [3.63, 3.8) is 0 Å². The second-order valence-electron chi connectivity index (χ2n) is 32.3. The standard InChI is InChI=1S/C18H22.C17H20.C16H18.C16H20.C15H17F.C15H18/c1-13-11-14(2)16-9-6-10-17(18(16)12-13)15-7-4-3-5-8-15;1-12-10-13(2)15-8-5-9-16(17(15)11-12)14-6-3-4-7-14;1-12-10-14-8-4-5-9-15(14)16(11-12)13-6-2-3-7-13;1-11-6-7-13-8-12(2)10-15(14(13)9-11)16(3,4)5;1-10-7-11-5-6-12(16)9-13(11)14(8-10)15(2,3)4;1-10(2)13-6-5-7-14-12(4)8-11(3)9-15(13)14/h6,9-12,15H,3-5,7-8H2,1-2H3;5,8-11,14H,3-4,6-7H2,1-2H3;4-5,8-11,13H,2-3,6-7H2,1H3;6-10H,1-5H3;5-9H,1-4H3;5-10H,1-4H3. The zero-order chi connectivity index (χ0) is 70.2. The molecule has 15 rings (SSSR count). The minimum atomic E-state index is -0.165. The highest BCUT2D eigenvalue weighted by Gasteiger charge is 2.23. The molecule has 98 heavy (non-hydrogen) atoms. The lowest BCUT2D eigenvalue weighted by atomic mass is 9.81. The molecule has 0 spiro atoms. The molecule has 0 amide bonds. The first-order valence-electron chi connectivity index (χ1n) is 37.4. The highest BCUT2D eigenvalue weighted by atomic mass is 19.1. The van der Waals surface area contributed by atoms with Gasteiger partial charge in [0.15, 0.2) is 0 Å². The van der Waals surface area contributed by atoms with Crippen LogP contribution in [0.5, 0.6) is 0 Å². The van der Waals surface area contributed by atoms with Crippen LogP contribution in [0.4, 0.5) is 4.39 Å². The molecule has 0 heterocycles. The van der Waals surface area contributed by atoms with E-state index in [9.17, 15) is 4.39 Å². The van der Waals surface area contributed by atoms with Gasteiger partial charge in [0, 0.05) is 0 Å². The maximum atomic E-state index is 13.3. The third kappa shape index (κ3) is 17.9. The Morgan fingerprint density at radius 1 is 0.286 bits per heavy atom. The quantitative estimate of drug-likeness (QED) is 0.165. The van der Waals surface area contributed by atoms with Gasteiger partial charge in [0.05, 0.1) is 0 Å². The number of hydrogen-bond donors (Lipinski definition) is 0. The summed E-state index contributed by atoms with van der Waals surface area (Å²) < 4.78 is 13.3. The van der Waals surface area contributed by atoms with Gasteiger partial charge < -0.3 is 0 Å². The molecule has 0 unspecified atom stereocenters. The third-order valence-corrected chi connectivity index (χ3v) is 21.4. The van der Waals surface area contributed by atoms with Crippen molar-refractivity contribution in [2.45, 2.75) is 243 Å². The lowest BCUT2D eigenvalue weighted by Crippen LogP contribution is -2.12. The summed E-state index contributed by atoms with van der Waals surface area (Å²) in [6, 6.07) is 68.3. The molecule has 0 bridgehead atoms. The normalized spacial score (nSPS) is 14.5. The SMILES string of the molecule is Cc1cc(C(C)(C)C)c2cc(C)ccc2c1.Cc1cc(C(C)(C)C)c2cc(F)ccc2c1.Cc1cc(C)c2cccc(C(C)C)c2c1.Cc1cc(C)c2cccc(C3CCCC3)c2c1.Cc1cc(C)c2cccc(C3CCCCC3)c2c1.Cc1cc(C2CCCC2)c2ccccc2c1. The minimum Gasteiger partial charge on any atom is -0.207 e. The van der Waals surface area contributed by atoms with Gasteiger partial charge in [-0.25, -0.2) is 4.39 Å². The van der Waals surface area contributed by atoms with Gasteiger partial charge in [-0.2, -0.15) is 0 Å². The molecule has 0 atom stereocenters. The Balaban J connectivity index is 0.000000128.